The van der Waals surface area contributed by atoms with E-state index in [9.17, 15) is 4.39 Å². The highest BCUT2D eigenvalue weighted by Gasteiger charge is 2.26. The average molecular weight is 424 g/mol. The van der Waals surface area contributed by atoms with Crippen LogP contribution in [0.3, 0.4) is 0 Å². The number of anilines is 1. The second kappa shape index (κ2) is 8.78. The second-order valence-electron chi connectivity index (χ2n) is 8.08. The Hall–Kier alpha value is -2.38. The summed E-state index contributed by atoms with van der Waals surface area (Å²) in [6, 6.07) is 6.64. The highest BCUT2D eigenvalue weighted by Crippen LogP contribution is 2.44. The SMILES string of the molecule is Fc1ccc(-c2nc(N3CCNCC3)sc2-c2ncncc2C2CCCCC2)cc1. The lowest BCUT2D eigenvalue weighted by molar-refractivity contribution is 0.443. The largest absolute Gasteiger partial charge is 0.346 e. The Morgan fingerprint density at radius 3 is 2.53 bits per heavy atom. The number of halogens is 1. The van der Waals surface area contributed by atoms with E-state index in [4.69, 9.17) is 9.97 Å². The Bertz CT molecular complexity index is 991. The van der Waals surface area contributed by atoms with Crippen LogP contribution in [-0.2, 0) is 0 Å². The summed E-state index contributed by atoms with van der Waals surface area (Å²) in [5, 5.41) is 4.41. The highest BCUT2D eigenvalue weighted by molar-refractivity contribution is 7.19. The molecule has 1 saturated carbocycles. The van der Waals surface area contributed by atoms with Gasteiger partial charge in [-0.1, -0.05) is 30.6 Å². The van der Waals surface area contributed by atoms with Gasteiger partial charge in [-0.25, -0.2) is 19.3 Å². The van der Waals surface area contributed by atoms with Crippen LogP contribution in [0.2, 0.25) is 0 Å². The molecule has 0 spiro atoms. The van der Waals surface area contributed by atoms with Crippen molar-refractivity contribution in [2.45, 2.75) is 38.0 Å². The lowest BCUT2D eigenvalue weighted by Crippen LogP contribution is -2.43. The van der Waals surface area contributed by atoms with Crippen molar-refractivity contribution in [1.82, 2.24) is 20.3 Å². The fourth-order valence-electron chi connectivity index (χ4n) is 4.51. The van der Waals surface area contributed by atoms with Crippen LogP contribution in [0.15, 0.2) is 36.8 Å². The smallest absolute Gasteiger partial charge is 0.186 e. The molecule has 5 nitrogen and oxygen atoms in total. The summed E-state index contributed by atoms with van der Waals surface area (Å²) in [6.07, 6.45) is 9.85. The molecule has 1 aliphatic heterocycles. The van der Waals surface area contributed by atoms with Crippen LogP contribution in [0.1, 0.15) is 43.6 Å². The van der Waals surface area contributed by atoms with Crippen LogP contribution < -0.4 is 10.2 Å². The first-order chi connectivity index (χ1) is 14.8. The molecular weight excluding hydrogens is 397 g/mol. The van der Waals surface area contributed by atoms with Crippen molar-refractivity contribution in [2.24, 2.45) is 0 Å². The summed E-state index contributed by atoms with van der Waals surface area (Å²) in [5.74, 6) is 0.267. The van der Waals surface area contributed by atoms with Crippen LogP contribution in [0.5, 0.6) is 0 Å². The number of benzene rings is 1. The molecule has 0 atom stereocenters. The van der Waals surface area contributed by atoms with Crippen molar-refractivity contribution in [3.63, 3.8) is 0 Å². The van der Waals surface area contributed by atoms with Gasteiger partial charge in [0.05, 0.1) is 16.3 Å². The van der Waals surface area contributed by atoms with Crippen molar-refractivity contribution in [2.75, 3.05) is 31.1 Å². The van der Waals surface area contributed by atoms with Gasteiger partial charge in [-0.2, -0.15) is 0 Å². The molecule has 5 rings (SSSR count). The third-order valence-corrected chi connectivity index (χ3v) is 7.24. The average Bonchev–Trinajstić information content (AvgIpc) is 3.26. The third-order valence-electron chi connectivity index (χ3n) is 6.12. The normalized spacial score (nSPS) is 18.0. The van der Waals surface area contributed by atoms with Gasteiger partial charge in [-0.15, -0.1) is 0 Å². The van der Waals surface area contributed by atoms with Gasteiger partial charge < -0.3 is 10.2 Å². The molecule has 3 aromatic rings. The summed E-state index contributed by atoms with van der Waals surface area (Å²) < 4.78 is 13.6. The van der Waals surface area contributed by atoms with Crippen LogP contribution >= 0.6 is 11.3 Å². The molecule has 2 aliphatic rings. The first kappa shape index (κ1) is 19.6. The van der Waals surface area contributed by atoms with E-state index in [0.717, 1.165) is 53.1 Å². The standard InChI is InChI=1S/C23H26FN5S/c24-18-8-6-17(7-9-18)20-22(30-23(28-20)29-12-10-25-11-13-29)21-19(14-26-15-27-21)16-4-2-1-3-5-16/h6-9,14-16,25H,1-5,10-13H2. The van der Waals surface area contributed by atoms with Crippen molar-refractivity contribution in [1.29, 1.82) is 0 Å². The van der Waals surface area contributed by atoms with Crippen LogP contribution in [0.4, 0.5) is 9.52 Å². The van der Waals surface area contributed by atoms with E-state index < -0.39 is 0 Å². The summed E-state index contributed by atoms with van der Waals surface area (Å²) >= 11 is 1.70. The fraction of sp³-hybridized carbons (Fsp3) is 0.435. The molecule has 0 amide bonds. The summed E-state index contributed by atoms with van der Waals surface area (Å²) in [6.45, 7) is 3.80. The zero-order chi connectivity index (χ0) is 20.3. The minimum atomic E-state index is -0.234. The molecular formula is C23H26FN5S. The molecule has 0 unspecified atom stereocenters. The number of rotatable bonds is 4. The predicted octanol–water partition coefficient (Wildman–Crippen LogP) is 4.86. The molecule has 3 heterocycles. The Balaban J connectivity index is 1.61. The topological polar surface area (TPSA) is 53.9 Å². The maximum absolute atomic E-state index is 13.6. The Kier molecular flexibility index (Phi) is 5.73. The zero-order valence-corrected chi connectivity index (χ0v) is 17.8. The van der Waals surface area contributed by atoms with Gasteiger partial charge in [-0.3, -0.25) is 0 Å². The number of hydrogen-bond donors (Lipinski definition) is 1. The highest BCUT2D eigenvalue weighted by atomic mass is 32.1. The van der Waals surface area contributed by atoms with E-state index in [2.05, 4.69) is 15.2 Å². The van der Waals surface area contributed by atoms with Crippen LogP contribution in [0.25, 0.3) is 21.8 Å². The lowest BCUT2D eigenvalue weighted by Gasteiger charge is -2.26. The van der Waals surface area contributed by atoms with Gasteiger partial charge in [0.15, 0.2) is 5.13 Å². The molecule has 2 aromatic heterocycles. The van der Waals surface area contributed by atoms with E-state index in [1.165, 1.54) is 49.8 Å². The Morgan fingerprint density at radius 1 is 1.00 bits per heavy atom. The monoisotopic (exact) mass is 423 g/mol. The van der Waals surface area contributed by atoms with E-state index in [0.29, 0.717) is 5.92 Å². The van der Waals surface area contributed by atoms with E-state index in [1.54, 1.807) is 17.7 Å². The van der Waals surface area contributed by atoms with Gasteiger partial charge in [0.25, 0.3) is 0 Å². The van der Waals surface area contributed by atoms with Gasteiger partial charge in [0, 0.05) is 43.5 Å². The van der Waals surface area contributed by atoms with Gasteiger partial charge in [0.1, 0.15) is 12.1 Å². The molecule has 7 heteroatoms. The maximum Gasteiger partial charge on any atom is 0.186 e. The number of thiazole rings is 1. The Labute approximate surface area is 180 Å². The first-order valence-electron chi connectivity index (χ1n) is 10.8. The van der Waals surface area contributed by atoms with Crippen molar-refractivity contribution < 1.29 is 4.39 Å². The molecule has 1 saturated heterocycles. The molecule has 0 radical (unpaired) electrons. The Morgan fingerprint density at radius 2 is 1.77 bits per heavy atom. The van der Waals surface area contributed by atoms with Crippen molar-refractivity contribution in [3.8, 4) is 21.8 Å². The fourth-order valence-corrected chi connectivity index (χ4v) is 5.67. The minimum Gasteiger partial charge on any atom is -0.346 e. The number of aromatic nitrogens is 3. The van der Waals surface area contributed by atoms with Crippen molar-refractivity contribution >= 4 is 16.5 Å². The van der Waals surface area contributed by atoms with E-state index >= 15 is 0 Å². The summed E-state index contributed by atoms with van der Waals surface area (Å²) in [4.78, 5) is 17.5. The maximum atomic E-state index is 13.6. The number of hydrogen-bond acceptors (Lipinski definition) is 6. The number of nitrogens with zero attached hydrogens (tertiary/aromatic N) is 4. The molecule has 156 valence electrons. The van der Waals surface area contributed by atoms with Crippen LogP contribution in [-0.4, -0.2) is 41.1 Å². The van der Waals surface area contributed by atoms with Crippen LogP contribution in [0, 0.1) is 5.82 Å². The van der Waals surface area contributed by atoms with Crippen molar-refractivity contribution in [3.05, 3.63) is 48.2 Å². The third kappa shape index (κ3) is 3.96. The van der Waals surface area contributed by atoms with E-state index in [-0.39, 0.29) is 5.82 Å². The lowest BCUT2D eigenvalue weighted by atomic mass is 9.83. The molecule has 2 fully saturated rings. The van der Waals surface area contributed by atoms with Gasteiger partial charge >= 0.3 is 0 Å². The second-order valence-corrected chi connectivity index (χ2v) is 9.06. The molecule has 0 bridgehead atoms. The summed E-state index contributed by atoms with van der Waals surface area (Å²) in [7, 11) is 0. The molecule has 30 heavy (non-hydrogen) atoms. The number of nitrogens with one attached hydrogen (secondary N) is 1. The van der Waals surface area contributed by atoms with Gasteiger partial charge in [0.2, 0.25) is 0 Å². The van der Waals surface area contributed by atoms with Gasteiger partial charge in [-0.05, 0) is 43.0 Å². The zero-order valence-electron chi connectivity index (χ0n) is 17.0. The van der Waals surface area contributed by atoms with E-state index in [1.807, 2.05) is 18.3 Å². The minimum absolute atomic E-state index is 0.234. The molecule has 1 aliphatic carbocycles. The first-order valence-corrected chi connectivity index (χ1v) is 11.6. The molecule has 1 N–H and O–H groups in total. The molecule has 1 aromatic carbocycles. The predicted molar refractivity (Wildman–Crippen MR) is 119 cm³/mol. The number of piperazine rings is 1. The summed E-state index contributed by atoms with van der Waals surface area (Å²) in [5.41, 5.74) is 4.05. The quantitative estimate of drug-likeness (QED) is 0.649.